The van der Waals surface area contributed by atoms with Gasteiger partial charge in [-0.3, -0.25) is 15.1 Å². The Morgan fingerprint density at radius 1 is 1.32 bits per heavy atom. The number of thiophene rings is 1. The lowest BCUT2D eigenvalue weighted by Gasteiger charge is -2.50. The van der Waals surface area contributed by atoms with Gasteiger partial charge in [0.25, 0.3) is 0 Å². The molecule has 1 aromatic heterocycles. The maximum atomic E-state index is 12.8. The number of hydrogen-bond acceptors (Lipinski definition) is 8. The van der Waals surface area contributed by atoms with Gasteiger partial charge in [0.2, 0.25) is 5.54 Å². The molecule has 2 aromatic rings. The van der Waals surface area contributed by atoms with Crippen molar-refractivity contribution < 1.29 is 9.53 Å². The summed E-state index contributed by atoms with van der Waals surface area (Å²) in [6, 6.07) is 13.4. The summed E-state index contributed by atoms with van der Waals surface area (Å²) in [7, 11) is 0. The van der Waals surface area contributed by atoms with Crippen LogP contribution in [0.25, 0.3) is 0 Å². The molecule has 3 atom stereocenters. The van der Waals surface area contributed by atoms with Gasteiger partial charge in [-0.05, 0) is 29.5 Å². The number of hydrogen-bond donors (Lipinski definition) is 1. The molecule has 0 unspecified atom stereocenters. The van der Waals surface area contributed by atoms with E-state index in [-0.39, 0.29) is 6.61 Å². The van der Waals surface area contributed by atoms with Crippen LogP contribution in [0.5, 0.6) is 0 Å². The van der Waals surface area contributed by atoms with Crippen molar-refractivity contribution in [2.45, 2.75) is 30.6 Å². The second kappa shape index (κ2) is 7.08. The number of nitrogens with one attached hydrogen (secondary N) is 1. The van der Waals surface area contributed by atoms with Gasteiger partial charge in [-0.2, -0.15) is 15.6 Å². The third-order valence-electron chi connectivity index (χ3n) is 5.05. The Morgan fingerprint density at radius 3 is 2.79 bits per heavy atom. The molecule has 4 rings (SSSR count). The van der Waals surface area contributed by atoms with Crippen LogP contribution in [0.15, 0.2) is 46.9 Å². The van der Waals surface area contributed by atoms with Crippen molar-refractivity contribution in [2.75, 3.05) is 6.61 Å². The van der Waals surface area contributed by atoms with Gasteiger partial charge in [-0.1, -0.05) is 30.3 Å². The largest absolute Gasteiger partial charge is 0.465 e. The summed E-state index contributed by atoms with van der Waals surface area (Å²) in [5.41, 5.74) is 0.0597. The maximum absolute atomic E-state index is 12.8. The number of benzene rings is 1. The number of carbonyl (C=O) groups excluding carboxylic acids is 1. The Hall–Kier alpha value is -3.20. The van der Waals surface area contributed by atoms with E-state index < -0.39 is 29.6 Å². The highest BCUT2D eigenvalue weighted by atomic mass is 32.1. The number of esters is 1. The molecule has 7 nitrogen and oxygen atoms in total. The van der Waals surface area contributed by atoms with E-state index >= 15 is 0 Å². The van der Waals surface area contributed by atoms with Gasteiger partial charge in [0, 0.05) is 4.88 Å². The average molecular weight is 391 g/mol. The molecule has 0 bridgehead atoms. The molecule has 2 aliphatic rings. The summed E-state index contributed by atoms with van der Waals surface area (Å²) in [5, 5.41) is 31.2. The predicted molar refractivity (Wildman–Crippen MR) is 103 cm³/mol. The molecule has 1 aromatic carbocycles. The van der Waals surface area contributed by atoms with Crippen LogP contribution in [0.4, 0.5) is 0 Å². The molecule has 1 N–H and O–H groups in total. The highest BCUT2D eigenvalue weighted by molar-refractivity contribution is 7.10. The van der Waals surface area contributed by atoms with E-state index in [0.717, 1.165) is 16.0 Å². The van der Waals surface area contributed by atoms with E-state index in [4.69, 9.17) is 4.74 Å². The molecule has 140 valence electrons. The highest BCUT2D eigenvalue weighted by Crippen LogP contribution is 2.46. The molecule has 1 saturated heterocycles. The van der Waals surface area contributed by atoms with Gasteiger partial charge >= 0.3 is 5.97 Å². The number of hydrazone groups is 1. The second-order valence-electron chi connectivity index (χ2n) is 6.50. The fourth-order valence-corrected chi connectivity index (χ4v) is 4.66. The second-order valence-corrected chi connectivity index (χ2v) is 7.48. The Bertz CT molecular complexity index is 990. The number of carbonyl (C=O) groups is 1. The maximum Gasteiger partial charge on any atom is 0.325 e. The zero-order chi connectivity index (χ0) is 19.7. The summed E-state index contributed by atoms with van der Waals surface area (Å²) < 4.78 is 5.30. The van der Waals surface area contributed by atoms with Crippen LogP contribution in [0.3, 0.4) is 0 Å². The lowest BCUT2D eigenvalue weighted by Crippen LogP contribution is -2.66. The van der Waals surface area contributed by atoms with Crippen molar-refractivity contribution in [3.05, 3.63) is 57.8 Å². The highest BCUT2D eigenvalue weighted by Gasteiger charge is 2.58. The minimum absolute atomic E-state index is 0.236. The molecule has 0 spiro atoms. The molecule has 0 saturated carbocycles. The number of nitriles is 2. The standard InChI is InChI=1S/C20H17N5O2S/c1-2-27-19(26)16-17-14-7-4-3-6-13(14)10-23-25(17)20(11-21,12-22)18(24-16)15-8-5-9-28-15/h3-10,16-18,24H,2H2,1H3/t16-,17+,18-/m0/s1. The zero-order valence-electron chi connectivity index (χ0n) is 15.1. The van der Waals surface area contributed by atoms with Gasteiger partial charge in [-0.15, -0.1) is 11.3 Å². The minimum Gasteiger partial charge on any atom is -0.465 e. The number of rotatable bonds is 3. The molecule has 8 heteroatoms. The van der Waals surface area contributed by atoms with Crippen molar-refractivity contribution in [1.82, 2.24) is 10.3 Å². The summed E-state index contributed by atoms with van der Waals surface area (Å²) in [6.45, 7) is 1.98. The molecular weight excluding hydrogens is 374 g/mol. The fraction of sp³-hybridized carbons (Fsp3) is 0.300. The molecule has 1 fully saturated rings. The fourth-order valence-electron chi connectivity index (χ4n) is 3.81. The van der Waals surface area contributed by atoms with E-state index in [0.29, 0.717) is 0 Å². The first kappa shape index (κ1) is 18.2. The molecular formula is C20H17N5O2S. The van der Waals surface area contributed by atoms with Gasteiger partial charge in [0.05, 0.1) is 18.9 Å². The normalized spacial score (nSPS) is 24.4. The Labute approximate surface area is 166 Å². The summed E-state index contributed by atoms with van der Waals surface area (Å²) in [5.74, 6) is -0.435. The molecule has 3 heterocycles. The van der Waals surface area contributed by atoms with Crippen molar-refractivity contribution in [3.8, 4) is 12.1 Å². The van der Waals surface area contributed by atoms with E-state index in [1.165, 1.54) is 16.3 Å². The summed E-state index contributed by atoms with van der Waals surface area (Å²) in [6.07, 6.45) is 1.63. The zero-order valence-corrected chi connectivity index (χ0v) is 15.9. The Morgan fingerprint density at radius 2 is 2.11 bits per heavy atom. The Balaban J connectivity index is 1.91. The van der Waals surface area contributed by atoms with Gasteiger partial charge in [-0.25, -0.2) is 0 Å². The van der Waals surface area contributed by atoms with Gasteiger partial charge < -0.3 is 4.74 Å². The van der Waals surface area contributed by atoms with Crippen LogP contribution in [0.2, 0.25) is 0 Å². The lowest BCUT2D eigenvalue weighted by molar-refractivity contribution is -0.151. The molecule has 0 aliphatic carbocycles. The first-order chi connectivity index (χ1) is 13.7. The van der Waals surface area contributed by atoms with Crippen LogP contribution < -0.4 is 5.32 Å². The smallest absolute Gasteiger partial charge is 0.325 e. The third kappa shape index (κ3) is 2.58. The van der Waals surface area contributed by atoms with Crippen molar-refractivity contribution >= 4 is 23.5 Å². The number of nitrogens with zero attached hydrogens (tertiary/aromatic N) is 4. The van der Waals surface area contributed by atoms with E-state index in [1.807, 2.05) is 41.8 Å². The van der Waals surface area contributed by atoms with Crippen LogP contribution in [-0.2, 0) is 9.53 Å². The van der Waals surface area contributed by atoms with Crippen LogP contribution in [-0.4, -0.2) is 35.4 Å². The summed E-state index contributed by atoms with van der Waals surface area (Å²) in [4.78, 5) is 13.6. The summed E-state index contributed by atoms with van der Waals surface area (Å²) >= 11 is 1.42. The van der Waals surface area contributed by atoms with Crippen LogP contribution in [0, 0.1) is 22.7 Å². The van der Waals surface area contributed by atoms with Crippen molar-refractivity contribution in [2.24, 2.45) is 5.10 Å². The van der Waals surface area contributed by atoms with Gasteiger partial charge in [0.1, 0.15) is 24.2 Å². The Kier molecular flexibility index (Phi) is 4.60. The van der Waals surface area contributed by atoms with Crippen molar-refractivity contribution in [3.63, 3.8) is 0 Å². The molecule has 28 heavy (non-hydrogen) atoms. The SMILES string of the molecule is CCOC(=O)[C@H]1N[C@@H](c2cccs2)C(C#N)(C#N)N2N=Cc3ccccc3[C@H]12. The number of fused-ring (bicyclic) bond motifs is 3. The molecule has 0 amide bonds. The van der Waals surface area contributed by atoms with Crippen molar-refractivity contribution in [1.29, 1.82) is 10.5 Å². The molecule has 0 radical (unpaired) electrons. The first-order valence-corrected chi connectivity index (χ1v) is 9.75. The van der Waals surface area contributed by atoms with Gasteiger partial charge in [0.15, 0.2) is 0 Å². The quantitative estimate of drug-likeness (QED) is 0.807. The average Bonchev–Trinajstić information content (AvgIpc) is 3.27. The van der Waals surface area contributed by atoms with E-state index in [1.54, 1.807) is 13.1 Å². The minimum atomic E-state index is -1.61. The first-order valence-electron chi connectivity index (χ1n) is 8.87. The number of ether oxygens (including phenoxy) is 1. The predicted octanol–water partition coefficient (Wildman–Crippen LogP) is 2.50. The number of piperazine rings is 1. The van der Waals surface area contributed by atoms with E-state index in [9.17, 15) is 15.3 Å². The monoisotopic (exact) mass is 391 g/mol. The third-order valence-corrected chi connectivity index (χ3v) is 5.99. The lowest BCUT2D eigenvalue weighted by atomic mass is 9.80. The topological polar surface area (TPSA) is 102 Å². The van der Waals surface area contributed by atoms with Crippen LogP contribution in [0.1, 0.15) is 35.0 Å². The molecule has 2 aliphatic heterocycles. The van der Waals surface area contributed by atoms with E-state index in [2.05, 4.69) is 22.6 Å². The van der Waals surface area contributed by atoms with Crippen LogP contribution >= 0.6 is 11.3 Å².